The molecule has 20 heavy (non-hydrogen) atoms. The van der Waals surface area contributed by atoms with E-state index in [1.807, 2.05) is 28.9 Å². The zero-order valence-electron chi connectivity index (χ0n) is 11.1. The van der Waals surface area contributed by atoms with Crippen LogP contribution in [0.2, 0.25) is 0 Å². The number of tetrazole rings is 1. The number of nitrogens with zero attached hydrogens (tertiary/aromatic N) is 5. The summed E-state index contributed by atoms with van der Waals surface area (Å²) >= 11 is 1.65. The molecule has 0 radical (unpaired) electrons. The van der Waals surface area contributed by atoms with Gasteiger partial charge in [0.2, 0.25) is 5.16 Å². The van der Waals surface area contributed by atoms with Crippen molar-refractivity contribution in [2.75, 3.05) is 0 Å². The van der Waals surface area contributed by atoms with Gasteiger partial charge >= 0.3 is 0 Å². The molecule has 2 aromatic rings. The highest BCUT2D eigenvalue weighted by Crippen LogP contribution is 2.32. The maximum absolute atomic E-state index is 8.78. The Morgan fingerprint density at radius 3 is 2.70 bits per heavy atom. The monoisotopic (exact) mass is 285 g/mol. The number of benzene rings is 1. The van der Waals surface area contributed by atoms with Crippen molar-refractivity contribution in [2.24, 2.45) is 0 Å². The Morgan fingerprint density at radius 1 is 1.25 bits per heavy atom. The normalized spacial score (nSPS) is 15.3. The predicted molar refractivity (Wildman–Crippen MR) is 76.0 cm³/mol. The average Bonchev–Trinajstić information content (AvgIpc) is 3.16. The van der Waals surface area contributed by atoms with E-state index in [9.17, 15) is 0 Å². The number of aromatic nitrogens is 4. The molecule has 1 aromatic heterocycles. The summed E-state index contributed by atoms with van der Waals surface area (Å²) in [6.07, 6.45) is 4.89. The lowest BCUT2D eigenvalue weighted by atomic mass is 10.2. The number of hydrogen-bond acceptors (Lipinski definition) is 5. The number of nitriles is 1. The predicted octanol–water partition coefficient (Wildman–Crippen LogP) is 2.95. The SMILES string of the molecule is N#Cc1ccc(CSc2nnnn2C2CCCC2)cc1. The van der Waals surface area contributed by atoms with Gasteiger partial charge in [0.1, 0.15) is 0 Å². The fourth-order valence-corrected chi connectivity index (χ4v) is 3.38. The van der Waals surface area contributed by atoms with Gasteiger partial charge in [-0.3, -0.25) is 0 Å². The quantitative estimate of drug-likeness (QED) is 0.808. The Morgan fingerprint density at radius 2 is 2.00 bits per heavy atom. The van der Waals surface area contributed by atoms with Crippen molar-refractivity contribution in [3.05, 3.63) is 35.4 Å². The van der Waals surface area contributed by atoms with Crippen molar-refractivity contribution in [3.8, 4) is 6.07 Å². The van der Waals surface area contributed by atoms with Crippen LogP contribution in [0, 0.1) is 11.3 Å². The van der Waals surface area contributed by atoms with Crippen LogP contribution in [0.25, 0.3) is 0 Å². The van der Waals surface area contributed by atoms with Crippen LogP contribution in [-0.4, -0.2) is 20.2 Å². The van der Waals surface area contributed by atoms with Gasteiger partial charge in [0.05, 0.1) is 17.7 Å². The third-order valence-corrected chi connectivity index (χ3v) is 4.59. The van der Waals surface area contributed by atoms with Gasteiger partial charge in [-0.15, -0.1) is 5.10 Å². The molecule has 1 aliphatic rings. The number of thioether (sulfide) groups is 1. The fourth-order valence-electron chi connectivity index (χ4n) is 2.48. The summed E-state index contributed by atoms with van der Waals surface area (Å²) in [5.41, 5.74) is 1.87. The molecule has 0 unspecified atom stereocenters. The van der Waals surface area contributed by atoms with Crippen LogP contribution in [0.1, 0.15) is 42.9 Å². The van der Waals surface area contributed by atoms with Gasteiger partial charge in [-0.05, 0) is 41.0 Å². The molecule has 0 amide bonds. The molecule has 6 heteroatoms. The van der Waals surface area contributed by atoms with Gasteiger partial charge in [0.25, 0.3) is 0 Å². The van der Waals surface area contributed by atoms with Crippen LogP contribution in [-0.2, 0) is 5.75 Å². The molecule has 0 N–H and O–H groups in total. The van der Waals surface area contributed by atoms with Crippen LogP contribution in [0.4, 0.5) is 0 Å². The number of hydrogen-bond donors (Lipinski definition) is 0. The first-order valence-electron chi connectivity index (χ1n) is 6.76. The van der Waals surface area contributed by atoms with Gasteiger partial charge in [0, 0.05) is 5.75 Å². The van der Waals surface area contributed by atoms with Gasteiger partial charge in [-0.25, -0.2) is 4.68 Å². The molecule has 1 saturated carbocycles. The fraction of sp³-hybridized carbons (Fsp3) is 0.429. The summed E-state index contributed by atoms with van der Waals surface area (Å²) in [4.78, 5) is 0. The van der Waals surface area contributed by atoms with E-state index in [1.54, 1.807) is 11.8 Å². The Balaban J connectivity index is 1.66. The maximum Gasteiger partial charge on any atom is 0.209 e. The van der Waals surface area contributed by atoms with Crippen molar-refractivity contribution in [3.63, 3.8) is 0 Å². The molecule has 0 bridgehead atoms. The lowest BCUT2D eigenvalue weighted by Gasteiger charge is -2.10. The molecule has 1 aromatic carbocycles. The molecule has 1 aliphatic carbocycles. The first-order chi connectivity index (χ1) is 9.86. The van der Waals surface area contributed by atoms with Crippen LogP contribution >= 0.6 is 11.8 Å². The average molecular weight is 285 g/mol. The zero-order valence-corrected chi connectivity index (χ0v) is 11.9. The van der Waals surface area contributed by atoms with E-state index >= 15 is 0 Å². The highest BCUT2D eigenvalue weighted by Gasteiger charge is 2.21. The number of rotatable bonds is 4. The van der Waals surface area contributed by atoms with E-state index in [0.717, 1.165) is 10.9 Å². The maximum atomic E-state index is 8.78. The molecular weight excluding hydrogens is 270 g/mol. The highest BCUT2D eigenvalue weighted by molar-refractivity contribution is 7.98. The molecule has 1 fully saturated rings. The minimum Gasteiger partial charge on any atom is -0.217 e. The Kier molecular flexibility index (Phi) is 3.97. The Hall–Kier alpha value is -1.87. The van der Waals surface area contributed by atoms with Crippen LogP contribution in [0.15, 0.2) is 29.4 Å². The van der Waals surface area contributed by atoms with Crippen molar-refractivity contribution in [2.45, 2.75) is 42.6 Å². The zero-order chi connectivity index (χ0) is 13.8. The van der Waals surface area contributed by atoms with E-state index in [4.69, 9.17) is 5.26 Å². The van der Waals surface area contributed by atoms with E-state index in [0.29, 0.717) is 11.6 Å². The summed E-state index contributed by atoms with van der Waals surface area (Å²) in [6, 6.07) is 10.2. The van der Waals surface area contributed by atoms with Crippen LogP contribution < -0.4 is 0 Å². The van der Waals surface area contributed by atoms with Gasteiger partial charge in [0.15, 0.2) is 0 Å². The molecule has 0 saturated heterocycles. The second kappa shape index (κ2) is 6.06. The van der Waals surface area contributed by atoms with Crippen LogP contribution in [0.3, 0.4) is 0 Å². The first-order valence-corrected chi connectivity index (χ1v) is 7.75. The Labute approximate surface area is 122 Å². The van der Waals surface area contributed by atoms with E-state index in [-0.39, 0.29) is 0 Å². The summed E-state index contributed by atoms with van der Waals surface area (Å²) in [7, 11) is 0. The van der Waals surface area contributed by atoms with E-state index in [2.05, 4.69) is 21.6 Å². The van der Waals surface area contributed by atoms with Crippen LogP contribution in [0.5, 0.6) is 0 Å². The molecule has 0 atom stereocenters. The summed E-state index contributed by atoms with van der Waals surface area (Å²) in [5.74, 6) is 0.818. The van der Waals surface area contributed by atoms with Crippen molar-refractivity contribution in [1.82, 2.24) is 20.2 Å². The first kappa shape index (κ1) is 13.1. The lowest BCUT2D eigenvalue weighted by Crippen LogP contribution is -2.08. The van der Waals surface area contributed by atoms with E-state index in [1.165, 1.54) is 31.2 Å². The second-order valence-corrected chi connectivity index (χ2v) is 5.88. The Bertz CT molecular complexity index is 607. The van der Waals surface area contributed by atoms with Gasteiger partial charge < -0.3 is 0 Å². The lowest BCUT2D eigenvalue weighted by molar-refractivity contribution is 0.423. The molecule has 102 valence electrons. The minimum absolute atomic E-state index is 0.466. The molecule has 1 heterocycles. The standard InChI is InChI=1S/C14H15N5S/c15-9-11-5-7-12(8-6-11)10-20-14-16-17-18-19(14)13-3-1-2-4-13/h5-8,13H,1-4,10H2. The van der Waals surface area contributed by atoms with Crippen molar-refractivity contribution < 1.29 is 0 Å². The van der Waals surface area contributed by atoms with Crippen molar-refractivity contribution in [1.29, 1.82) is 5.26 Å². The van der Waals surface area contributed by atoms with E-state index < -0.39 is 0 Å². The second-order valence-electron chi connectivity index (χ2n) is 4.94. The minimum atomic E-state index is 0.466. The van der Waals surface area contributed by atoms with Crippen molar-refractivity contribution >= 4 is 11.8 Å². The topological polar surface area (TPSA) is 67.4 Å². The molecule has 0 aliphatic heterocycles. The molecular formula is C14H15N5S. The third kappa shape index (κ3) is 2.83. The third-order valence-electron chi connectivity index (χ3n) is 3.58. The highest BCUT2D eigenvalue weighted by atomic mass is 32.2. The molecule has 0 spiro atoms. The van der Waals surface area contributed by atoms with Gasteiger partial charge in [-0.1, -0.05) is 36.7 Å². The smallest absolute Gasteiger partial charge is 0.209 e. The molecule has 3 rings (SSSR count). The largest absolute Gasteiger partial charge is 0.217 e. The summed E-state index contributed by atoms with van der Waals surface area (Å²) < 4.78 is 1.97. The molecule has 5 nitrogen and oxygen atoms in total. The summed E-state index contributed by atoms with van der Waals surface area (Å²) in [5, 5.41) is 21.7. The summed E-state index contributed by atoms with van der Waals surface area (Å²) in [6.45, 7) is 0. The van der Waals surface area contributed by atoms with Gasteiger partial charge in [-0.2, -0.15) is 5.26 Å².